The summed E-state index contributed by atoms with van der Waals surface area (Å²) in [6.07, 6.45) is 0.570. The summed E-state index contributed by atoms with van der Waals surface area (Å²) < 4.78 is 9.77. The normalized spacial score (nSPS) is 12.5. The molecule has 1 aromatic rings. The smallest absolute Gasteiger partial charge is 0.315 e. The molecule has 0 radical (unpaired) electrons. The molecule has 5 nitrogen and oxygen atoms in total. The molecule has 0 saturated heterocycles. The summed E-state index contributed by atoms with van der Waals surface area (Å²) in [5.74, 6) is -0.0707. The van der Waals surface area contributed by atoms with Crippen LogP contribution in [0.15, 0.2) is 18.2 Å². The molecule has 1 heterocycles. The molecule has 0 spiro atoms. The first kappa shape index (κ1) is 11.4. The summed E-state index contributed by atoms with van der Waals surface area (Å²) in [7, 11) is 1.25. The molecule has 0 atom stereocenters. The number of amides is 1. The van der Waals surface area contributed by atoms with Gasteiger partial charge in [0.15, 0.2) is 0 Å². The number of hydrogen-bond acceptors (Lipinski definition) is 4. The van der Waals surface area contributed by atoms with Crippen LogP contribution >= 0.6 is 0 Å². The van der Waals surface area contributed by atoms with E-state index >= 15 is 0 Å². The number of nitrogens with one attached hydrogen (secondary N) is 1. The van der Waals surface area contributed by atoms with Gasteiger partial charge in [0.2, 0.25) is 5.91 Å². The zero-order valence-corrected chi connectivity index (χ0v) is 9.49. The number of hydrogen-bond donors (Lipinski definition) is 1. The number of rotatable bonds is 3. The van der Waals surface area contributed by atoms with Crippen LogP contribution in [0.3, 0.4) is 0 Å². The van der Waals surface area contributed by atoms with Gasteiger partial charge in [-0.3, -0.25) is 9.59 Å². The molecule has 1 aromatic carbocycles. The van der Waals surface area contributed by atoms with E-state index in [0.717, 1.165) is 17.7 Å². The summed E-state index contributed by atoms with van der Waals surface area (Å²) in [4.78, 5) is 22.3. The summed E-state index contributed by atoms with van der Waals surface area (Å²) >= 11 is 0. The SMILES string of the molecule is COC(=O)CC(=O)Nc1ccc2c(c1)CCO2. The minimum absolute atomic E-state index is 0.274. The zero-order chi connectivity index (χ0) is 12.3. The van der Waals surface area contributed by atoms with Crippen LogP contribution in [0.1, 0.15) is 12.0 Å². The summed E-state index contributed by atoms with van der Waals surface area (Å²) in [6, 6.07) is 5.42. The fourth-order valence-electron chi connectivity index (χ4n) is 1.67. The van der Waals surface area contributed by atoms with Crippen LogP contribution in [0.4, 0.5) is 5.69 Å². The number of carbonyl (C=O) groups excluding carboxylic acids is 2. The first-order valence-electron chi connectivity index (χ1n) is 5.31. The number of esters is 1. The fourth-order valence-corrected chi connectivity index (χ4v) is 1.67. The second-order valence-corrected chi connectivity index (χ2v) is 3.72. The maximum absolute atomic E-state index is 11.4. The highest BCUT2D eigenvalue weighted by molar-refractivity contribution is 6.01. The number of ether oxygens (including phenoxy) is 2. The van der Waals surface area contributed by atoms with E-state index in [9.17, 15) is 9.59 Å². The lowest BCUT2D eigenvalue weighted by molar-refractivity contribution is -0.142. The van der Waals surface area contributed by atoms with Gasteiger partial charge in [-0.05, 0) is 23.8 Å². The zero-order valence-electron chi connectivity index (χ0n) is 9.49. The second kappa shape index (κ2) is 4.86. The summed E-state index contributed by atoms with van der Waals surface area (Å²) in [6.45, 7) is 0.675. The van der Waals surface area contributed by atoms with E-state index in [0.29, 0.717) is 12.3 Å². The Balaban J connectivity index is 1.99. The van der Waals surface area contributed by atoms with Gasteiger partial charge in [-0.25, -0.2) is 0 Å². The van der Waals surface area contributed by atoms with Crippen LogP contribution in [-0.2, 0) is 20.7 Å². The van der Waals surface area contributed by atoms with E-state index in [-0.39, 0.29) is 12.3 Å². The van der Waals surface area contributed by atoms with Crippen molar-refractivity contribution in [3.63, 3.8) is 0 Å². The second-order valence-electron chi connectivity index (χ2n) is 3.72. The highest BCUT2D eigenvalue weighted by Crippen LogP contribution is 2.27. The Morgan fingerprint density at radius 3 is 3.06 bits per heavy atom. The minimum atomic E-state index is -0.549. The predicted molar refractivity (Wildman–Crippen MR) is 60.9 cm³/mol. The van der Waals surface area contributed by atoms with Gasteiger partial charge < -0.3 is 14.8 Å². The molecule has 1 aliphatic heterocycles. The molecule has 5 heteroatoms. The molecular weight excluding hydrogens is 222 g/mol. The third-order valence-corrected chi connectivity index (χ3v) is 2.51. The Kier molecular flexibility index (Phi) is 3.27. The van der Waals surface area contributed by atoms with Crippen LogP contribution in [0.2, 0.25) is 0 Å². The standard InChI is InChI=1S/C12H13NO4/c1-16-12(15)7-11(14)13-9-2-3-10-8(6-9)4-5-17-10/h2-3,6H,4-5,7H2,1H3,(H,13,14). The van der Waals surface area contributed by atoms with Crippen molar-refractivity contribution in [2.75, 3.05) is 19.0 Å². The highest BCUT2D eigenvalue weighted by Gasteiger charge is 2.14. The van der Waals surface area contributed by atoms with Crippen molar-refractivity contribution in [3.05, 3.63) is 23.8 Å². The molecular formula is C12H13NO4. The number of fused-ring (bicyclic) bond motifs is 1. The average molecular weight is 235 g/mol. The first-order chi connectivity index (χ1) is 8.19. The number of benzene rings is 1. The van der Waals surface area contributed by atoms with E-state index in [1.807, 2.05) is 12.1 Å². The molecule has 0 unspecified atom stereocenters. The van der Waals surface area contributed by atoms with Gasteiger partial charge in [0.1, 0.15) is 12.2 Å². The minimum Gasteiger partial charge on any atom is -0.493 e. The van der Waals surface area contributed by atoms with Gasteiger partial charge in [0, 0.05) is 12.1 Å². The van der Waals surface area contributed by atoms with Gasteiger partial charge in [-0.1, -0.05) is 0 Å². The quantitative estimate of drug-likeness (QED) is 0.630. The van der Waals surface area contributed by atoms with Gasteiger partial charge in [-0.15, -0.1) is 0 Å². The molecule has 90 valence electrons. The van der Waals surface area contributed by atoms with E-state index < -0.39 is 5.97 Å². The molecule has 17 heavy (non-hydrogen) atoms. The topological polar surface area (TPSA) is 64.6 Å². The van der Waals surface area contributed by atoms with Gasteiger partial charge in [-0.2, -0.15) is 0 Å². The summed E-state index contributed by atoms with van der Waals surface area (Å²) in [5, 5.41) is 2.64. The van der Waals surface area contributed by atoms with Crippen molar-refractivity contribution in [2.45, 2.75) is 12.8 Å². The Morgan fingerprint density at radius 2 is 2.29 bits per heavy atom. The van der Waals surface area contributed by atoms with Crippen LogP contribution in [-0.4, -0.2) is 25.6 Å². The monoisotopic (exact) mass is 235 g/mol. The van der Waals surface area contributed by atoms with E-state index in [4.69, 9.17) is 4.74 Å². The average Bonchev–Trinajstić information content (AvgIpc) is 2.75. The van der Waals surface area contributed by atoms with Crippen LogP contribution in [0.5, 0.6) is 5.75 Å². The molecule has 0 saturated carbocycles. The Labute approximate surface area is 98.7 Å². The maximum atomic E-state index is 11.4. The highest BCUT2D eigenvalue weighted by atomic mass is 16.5. The van der Waals surface area contributed by atoms with E-state index in [1.165, 1.54) is 7.11 Å². The van der Waals surface area contributed by atoms with E-state index in [2.05, 4.69) is 10.1 Å². The number of methoxy groups -OCH3 is 1. The maximum Gasteiger partial charge on any atom is 0.315 e. The molecule has 0 fully saturated rings. The molecule has 2 rings (SSSR count). The van der Waals surface area contributed by atoms with Crippen molar-refractivity contribution >= 4 is 17.6 Å². The van der Waals surface area contributed by atoms with Crippen LogP contribution < -0.4 is 10.1 Å². The molecule has 1 aliphatic rings. The predicted octanol–water partition coefficient (Wildman–Crippen LogP) is 1.12. The largest absolute Gasteiger partial charge is 0.493 e. The lowest BCUT2D eigenvalue weighted by Gasteiger charge is -2.06. The van der Waals surface area contributed by atoms with Crippen LogP contribution in [0.25, 0.3) is 0 Å². The number of anilines is 1. The molecule has 1 amide bonds. The fraction of sp³-hybridized carbons (Fsp3) is 0.333. The molecule has 0 aromatic heterocycles. The van der Waals surface area contributed by atoms with E-state index in [1.54, 1.807) is 6.07 Å². The Bertz CT molecular complexity index is 456. The Morgan fingerprint density at radius 1 is 1.47 bits per heavy atom. The van der Waals surface area contributed by atoms with Gasteiger partial charge in [0.05, 0.1) is 13.7 Å². The lowest BCUT2D eigenvalue weighted by Crippen LogP contribution is -2.17. The van der Waals surface area contributed by atoms with Crippen molar-refractivity contribution in [1.82, 2.24) is 0 Å². The van der Waals surface area contributed by atoms with Crippen molar-refractivity contribution < 1.29 is 19.1 Å². The van der Waals surface area contributed by atoms with Crippen molar-refractivity contribution in [3.8, 4) is 5.75 Å². The van der Waals surface area contributed by atoms with Crippen molar-refractivity contribution in [2.24, 2.45) is 0 Å². The van der Waals surface area contributed by atoms with Gasteiger partial charge in [0.25, 0.3) is 0 Å². The Hall–Kier alpha value is -2.04. The lowest BCUT2D eigenvalue weighted by atomic mass is 10.1. The first-order valence-corrected chi connectivity index (χ1v) is 5.31. The third kappa shape index (κ3) is 2.75. The molecule has 1 N–H and O–H groups in total. The molecule has 0 bridgehead atoms. The number of carbonyl (C=O) groups is 2. The third-order valence-electron chi connectivity index (χ3n) is 2.51. The van der Waals surface area contributed by atoms with Crippen LogP contribution in [0, 0.1) is 0 Å². The molecule has 0 aliphatic carbocycles. The van der Waals surface area contributed by atoms with Crippen molar-refractivity contribution in [1.29, 1.82) is 0 Å². The van der Waals surface area contributed by atoms with Gasteiger partial charge >= 0.3 is 5.97 Å². The summed E-state index contributed by atoms with van der Waals surface area (Å²) in [5.41, 5.74) is 1.74.